The number of hydrogen-bond donors (Lipinski definition) is 2. The van der Waals surface area contributed by atoms with E-state index in [1.54, 1.807) is 7.05 Å². The third-order valence-electron chi connectivity index (χ3n) is 3.34. The molecule has 0 aliphatic carbocycles. The summed E-state index contributed by atoms with van der Waals surface area (Å²) >= 11 is 0. The maximum absolute atomic E-state index is 12.1. The average molecular weight is 245 g/mol. The summed E-state index contributed by atoms with van der Waals surface area (Å²) in [6, 6.07) is 8.01. The van der Waals surface area contributed by atoms with E-state index < -0.39 is 5.54 Å². The Labute approximate surface area is 107 Å². The van der Waals surface area contributed by atoms with Crippen LogP contribution in [0.2, 0.25) is 0 Å². The molecular weight excluding hydrogens is 226 g/mol. The Kier molecular flexibility index (Phi) is 3.13. The third-order valence-corrected chi connectivity index (χ3v) is 3.34. The zero-order chi connectivity index (χ0) is 13.3. The largest absolute Gasteiger partial charge is 0.348 e. The van der Waals surface area contributed by atoms with E-state index in [0.29, 0.717) is 0 Å². The van der Waals surface area contributed by atoms with Gasteiger partial charge in [0.05, 0.1) is 11.2 Å². The summed E-state index contributed by atoms with van der Waals surface area (Å²) in [5, 5.41) is 7.03. The van der Waals surface area contributed by atoms with Gasteiger partial charge in [-0.25, -0.2) is 0 Å². The average Bonchev–Trinajstić information content (AvgIpc) is 2.67. The summed E-state index contributed by atoms with van der Waals surface area (Å²) in [6.45, 7) is 3.71. The molecule has 4 nitrogen and oxygen atoms in total. The minimum Gasteiger partial charge on any atom is -0.348 e. The second kappa shape index (κ2) is 4.46. The molecule has 1 heterocycles. The Morgan fingerprint density at radius 1 is 1.28 bits per heavy atom. The molecule has 0 saturated carbocycles. The molecule has 2 aromatic rings. The van der Waals surface area contributed by atoms with Crippen molar-refractivity contribution in [2.24, 2.45) is 7.05 Å². The lowest BCUT2D eigenvalue weighted by atomic mass is 10.1. The number of rotatable bonds is 3. The molecule has 0 aliphatic rings. The van der Waals surface area contributed by atoms with Crippen LogP contribution in [0.4, 0.5) is 5.69 Å². The Bertz CT molecular complexity index is 584. The highest BCUT2D eigenvalue weighted by Crippen LogP contribution is 2.25. The molecule has 0 saturated heterocycles. The molecule has 1 aromatic carbocycles. The highest BCUT2D eigenvalue weighted by atomic mass is 16.2. The SMILES string of the molecule is CNC(C)(C)C(=O)Nc1cn(C)c2ccccc12. The van der Waals surface area contributed by atoms with Crippen molar-refractivity contribution in [3.63, 3.8) is 0 Å². The van der Waals surface area contributed by atoms with Crippen molar-refractivity contribution in [2.75, 3.05) is 12.4 Å². The number of para-hydroxylation sites is 1. The minimum absolute atomic E-state index is 0.0404. The first-order valence-electron chi connectivity index (χ1n) is 6.00. The standard InChI is InChI=1S/C14H19N3O/c1-14(2,15-3)13(18)16-11-9-17(4)12-8-6-5-7-10(11)12/h5-9,15H,1-4H3,(H,16,18). The monoisotopic (exact) mass is 245 g/mol. The number of aromatic nitrogens is 1. The van der Waals surface area contributed by atoms with Gasteiger partial charge in [0, 0.05) is 24.1 Å². The lowest BCUT2D eigenvalue weighted by molar-refractivity contribution is -0.121. The summed E-state index contributed by atoms with van der Waals surface area (Å²) < 4.78 is 2.01. The molecule has 0 unspecified atom stereocenters. The number of carbonyl (C=O) groups excluding carboxylic acids is 1. The zero-order valence-electron chi connectivity index (χ0n) is 11.2. The van der Waals surface area contributed by atoms with E-state index in [4.69, 9.17) is 0 Å². The van der Waals surface area contributed by atoms with Crippen LogP contribution >= 0.6 is 0 Å². The number of carbonyl (C=O) groups is 1. The van der Waals surface area contributed by atoms with Gasteiger partial charge < -0.3 is 15.2 Å². The molecule has 0 aliphatic heterocycles. The summed E-state index contributed by atoms with van der Waals surface area (Å²) in [5.41, 5.74) is 1.37. The number of anilines is 1. The van der Waals surface area contributed by atoms with Gasteiger partial charge >= 0.3 is 0 Å². The van der Waals surface area contributed by atoms with Gasteiger partial charge in [-0.05, 0) is 27.0 Å². The molecular formula is C14H19N3O. The predicted octanol–water partition coefficient (Wildman–Crippen LogP) is 2.11. The van der Waals surface area contributed by atoms with Gasteiger partial charge in [-0.3, -0.25) is 4.79 Å². The molecule has 1 aromatic heterocycles. The fourth-order valence-electron chi connectivity index (χ4n) is 1.83. The van der Waals surface area contributed by atoms with Crippen LogP contribution in [0.3, 0.4) is 0 Å². The maximum Gasteiger partial charge on any atom is 0.244 e. The van der Waals surface area contributed by atoms with E-state index in [2.05, 4.69) is 10.6 Å². The van der Waals surface area contributed by atoms with Crippen molar-refractivity contribution in [1.82, 2.24) is 9.88 Å². The van der Waals surface area contributed by atoms with Crippen LogP contribution in [0.1, 0.15) is 13.8 Å². The van der Waals surface area contributed by atoms with Crippen molar-refractivity contribution < 1.29 is 4.79 Å². The third kappa shape index (κ3) is 2.11. The van der Waals surface area contributed by atoms with Gasteiger partial charge in [0.15, 0.2) is 0 Å². The Hall–Kier alpha value is -1.81. The molecule has 2 rings (SSSR count). The minimum atomic E-state index is -0.586. The molecule has 1 amide bonds. The summed E-state index contributed by atoms with van der Waals surface area (Å²) in [4.78, 5) is 12.1. The quantitative estimate of drug-likeness (QED) is 0.870. The molecule has 18 heavy (non-hydrogen) atoms. The zero-order valence-corrected chi connectivity index (χ0v) is 11.2. The molecule has 0 fully saturated rings. The maximum atomic E-state index is 12.1. The first-order valence-corrected chi connectivity index (χ1v) is 6.00. The van der Waals surface area contributed by atoms with Gasteiger partial charge in [-0.1, -0.05) is 18.2 Å². The number of amides is 1. The smallest absolute Gasteiger partial charge is 0.244 e. The van der Waals surface area contributed by atoms with E-state index in [1.807, 2.05) is 55.9 Å². The molecule has 0 bridgehead atoms. The van der Waals surface area contributed by atoms with E-state index in [1.165, 1.54) is 0 Å². The van der Waals surface area contributed by atoms with Crippen LogP contribution in [-0.2, 0) is 11.8 Å². The Morgan fingerprint density at radius 3 is 2.61 bits per heavy atom. The van der Waals surface area contributed by atoms with Gasteiger partial charge in [0.25, 0.3) is 0 Å². The van der Waals surface area contributed by atoms with Gasteiger partial charge in [-0.15, -0.1) is 0 Å². The van der Waals surface area contributed by atoms with Crippen molar-refractivity contribution in [1.29, 1.82) is 0 Å². The van der Waals surface area contributed by atoms with E-state index >= 15 is 0 Å². The van der Waals surface area contributed by atoms with Crippen molar-refractivity contribution in [3.8, 4) is 0 Å². The van der Waals surface area contributed by atoms with Crippen molar-refractivity contribution in [2.45, 2.75) is 19.4 Å². The number of likely N-dealkylation sites (N-methyl/N-ethyl adjacent to an activating group) is 1. The first-order chi connectivity index (χ1) is 8.45. The van der Waals surface area contributed by atoms with Crippen molar-refractivity contribution >= 4 is 22.5 Å². The summed E-state index contributed by atoms with van der Waals surface area (Å²) in [5.74, 6) is -0.0404. The number of fused-ring (bicyclic) bond motifs is 1. The normalized spacial score (nSPS) is 11.8. The lowest BCUT2D eigenvalue weighted by Crippen LogP contribution is -2.47. The van der Waals surface area contributed by atoms with Crippen LogP contribution in [-0.4, -0.2) is 23.1 Å². The number of hydrogen-bond acceptors (Lipinski definition) is 2. The van der Waals surface area contributed by atoms with Crippen LogP contribution in [0.15, 0.2) is 30.5 Å². The molecule has 0 atom stereocenters. The van der Waals surface area contributed by atoms with E-state index in [-0.39, 0.29) is 5.91 Å². The fraction of sp³-hybridized carbons (Fsp3) is 0.357. The van der Waals surface area contributed by atoms with Crippen LogP contribution < -0.4 is 10.6 Å². The molecule has 96 valence electrons. The molecule has 4 heteroatoms. The predicted molar refractivity (Wildman–Crippen MR) is 74.7 cm³/mol. The van der Waals surface area contributed by atoms with Crippen LogP contribution in [0.5, 0.6) is 0 Å². The molecule has 0 radical (unpaired) electrons. The number of nitrogens with one attached hydrogen (secondary N) is 2. The number of aryl methyl sites for hydroxylation is 1. The van der Waals surface area contributed by atoms with E-state index in [9.17, 15) is 4.79 Å². The topological polar surface area (TPSA) is 46.1 Å². The van der Waals surface area contributed by atoms with E-state index in [0.717, 1.165) is 16.6 Å². The van der Waals surface area contributed by atoms with Gasteiger partial charge in [-0.2, -0.15) is 0 Å². The summed E-state index contributed by atoms with van der Waals surface area (Å²) in [6.07, 6.45) is 1.94. The molecule has 0 spiro atoms. The van der Waals surface area contributed by atoms with Crippen LogP contribution in [0, 0.1) is 0 Å². The van der Waals surface area contributed by atoms with Gasteiger partial charge in [0.1, 0.15) is 0 Å². The second-order valence-electron chi connectivity index (χ2n) is 5.00. The number of nitrogens with zero attached hydrogens (tertiary/aromatic N) is 1. The van der Waals surface area contributed by atoms with Crippen LogP contribution in [0.25, 0.3) is 10.9 Å². The molecule has 2 N–H and O–H groups in total. The van der Waals surface area contributed by atoms with Gasteiger partial charge in [0.2, 0.25) is 5.91 Å². The lowest BCUT2D eigenvalue weighted by Gasteiger charge is -2.22. The highest BCUT2D eigenvalue weighted by molar-refractivity contribution is 6.04. The second-order valence-corrected chi connectivity index (χ2v) is 5.00. The Balaban J connectivity index is 2.36. The van der Waals surface area contributed by atoms with Crippen molar-refractivity contribution in [3.05, 3.63) is 30.5 Å². The highest BCUT2D eigenvalue weighted by Gasteiger charge is 2.25. The summed E-state index contributed by atoms with van der Waals surface area (Å²) in [7, 11) is 3.75. The fourth-order valence-corrected chi connectivity index (χ4v) is 1.83. The Morgan fingerprint density at radius 2 is 1.94 bits per heavy atom. The number of benzene rings is 1. The first kappa shape index (κ1) is 12.6.